The van der Waals surface area contributed by atoms with Gasteiger partial charge >= 0.3 is 0 Å². The highest BCUT2D eigenvalue weighted by Gasteiger charge is 2.00. The molecule has 0 radical (unpaired) electrons. The molecule has 0 fully saturated rings. The molecule has 0 spiro atoms. The van der Waals surface area contributed by atoms with Gasteiger partial charge in [0, 0.05) is 6.04 Å². The second-order valence-corrected chi connectivity index (χ2v) is 3.04. The molecule has 0 aliphatic rings. The lowest BCUT2D eigenvalue weighted by Crippen LogP contribution is -2.25. The molecule has 0 rings (SSSR count). The number of rotatable bonds is 5. The van der Waals surface area contributed by atoms with Gasteiger partial charge in [-0.25, -0.2) is 0 Å². The molecule has 1 atom stereocenters. The quantitative estimate of drug-likeness (QED) is 0.508. The smallest absolute Gasteiger partial charge is 0.207 e. The molecule has 0 aliphatic carbocycles. The molecule has 72 valence electrons. The van der Waals surface area contributed by atoms with Crippen LogP contribution in [-0.4, -0.2) is 12.5 Å². The maximum absolute atomic E-state index is 10.2. The number of carbonyl (C=O) groups excluding carboxylic acids is 1. The Labute approximate surface area is 80.0 Å². The van der Waals surface area contributed by atoms with Crippen LogP contribution in [0.15, 0.2) is 36.0 Å². The summed E-state index contributed by atoms with van der Waals surface area (Å²) in [6, 6.07) is 0.0886. The Hall–Kier alpha value is -1.31. The summed E-state index contributed by atoms with van der Waals surface area (Å²) >= 11 is 0. The number of carbonyl (C=O) groups is 1. The maximum atomic E-state index is 10.2. The van der Waals surface area contributed by atoms with Crippen molar-refractivity contribution in [2.75, 3.05) is 0 Å². The second-order valence-electron chi connectivity index (χ2n) is 3.04. The Bertz CT molecular complexity index is 238. The van der Waals surface area contributed by atoms with Crippen LogP contribution in [0.25, 0.3) is 0 Å². The van der Waals surface area contributed by atoms with E-state index < -0.39 is 0 Å². The van der Waals surface area contributed by atoms with E-state index in [2.05, 4.69) is 11.9 Å². The Morgan fingerprint density at radius 3 is 2.54 bits per heavy atom. The van der Waals surface area contributed by atoms with Crippen LogP contribution in [0.1, 0.15) is 20.8 Å². The molecule has 0 bridgehead atoms. The van der Waals surface area contributed by atoms with Crippen molar-refractivity contribution in [1.29, 1.82) is 0 Å². The minimum absolute atomic E-state index is 0.0886. The van der Waals surface area contributed by atoms with Gasteiger partial charge in [-0.15, -0.1) is 0 Å². The standard InChI is InChI=1S/C11H17NO/c1-5-6-9(2)7-10(3)11(4)12-8-13/h5-8,11H,1H2,2-4H3,(H,12,13)/b9-6-,10-7-. The zero-order valence-corrected chi connectivity index (χ0v) is 8.50. The summed E-state index contributed by atoms with van der Waals surface area (Å²) in [6.07, 6.45) is 6.42. The van der Waals surface area contributed by atoms with E-state index in [9.17, 15) is 4.79 Å². The molecule has 2 nitrogen and oxygen atoms in total. The largest absolute Gasteiger partial charge is 0.352 e. The SMILES string of the molecule is C=C/C=C(C)\C=C(\C)C(C)NC=O. The van der Waals surface area contributed by atoms with Crippen LogP contribution < -0.4 is 5.32 Å². The molecule has 0 heterocycles. The Morgan fingerprint density at radius 2 is 2.08 bits per heavy atom. The predicted octanol–water partition coefficient (Wildman–Crippen LogP) is 2.20. The number of allylic oxidation sites excluding steroid dienone is 4. The van der Waals surface area contributed by atoms with Gasteiger partial charge in [0.1, 0.15) is 0 Å². The zero-order valence-electron chi connectivity index (χ0n) is 8.50. The van der Waals surface area contributed by atoms with E-state index >= 15 is 0 Å². The molecule has 0 saturated heterocycles. The van der Waals surface area contributed by atoms with Gasteiger partial charge in [-0.3, -0.25) is 4.79 Å². The summed E-state index contributed by atoms with van der Waals surface area (Å²) in [5, 5.41) is 2.69. The van der Waals surface area contributed by atoms with Gasteiger partial charge in [0.2, 0.25) is 6.41 Å². The number of hydrogen-bond donors (Lipinski definition) is 1. The highest BCUT2D eigenvalue weighted by atomic mass is 16.1. The number of amides is 1. The summed E-state index contributed by atoms with van der Waals surface area (Å²) in [6.45, 7) is 9.54. The Balaban J connectivity index is 4.37. The van der Waals surface area contributed by atoms with Crippen LogP contribution >= 0.6 is 0 Å². The van der Waals surface area contributed by atoms with Crippen molar-refractivity contribution < 1.29 is 4.79 Å². The van der Waals surface area contributed by atoms with Crippen LogP contribution in [0.2, 0.25) is 0 Å². The fraction of sp³-hybridized carbons (Fsp3) is 0.364. The van der Waals surface area contributed by atoms with Crippen molar-refractivity contribution in [2.45, 2.75) is 26.8 Å². The molecule has 0 aromatic heterocycles. The minimum Gasteiger partial charge on any atom is -0.352 e. The normalized spacial score (nSPS) is 15.0. The van der Waals surface area contributed by atoms with Gasteiger partial charge in [0.25, 0.3) is 0 Å². The van der Waals surface area contributed by atoms with Gasteiger partial charge in [0.05, 0.1) is 0 Å². The number of nitrogens with one attached hydrogen (secondary N) is 1. The Morgan fingerprint density at radius 1 is 1.46 bits per heavy atom. The highest BCUT2D eigenvalue weighted by Crippen LogP contribution is 2.05. The minimum atomic E-state index is 0.0886. The fourth-order valence-electron chi connectivity index (χ4n) is 0.952. The summed E-state index contributed by atoms with van der Waals surface area (Å²) in [5.41, 5.74) is 2.26. The van der Waals surface area contributed by atoms with Gasteiger partial charge in [-0.2, -0.15) is 0 Å². The molecule has 1 amide bonds. The van der Waals surface area contributed by atoms with Crippen molar-refractivity contribution >= 4 is 6.41 Å². The third-order valence-corrected chi connectivity index (χ3v) is 1.84. The highest BCUT2D eigenvalue weighted by molar-refractivity contribution is 5.48. The monoisotopic (exact) mass is 179 g/mol. The summed E-state index contributed by atoms with van der Waals surface area (Å²) in [5.74, 6) is 0. The topological polar surface area (TPSA) is 29.1 Å². The van der Waals surface area contributed by atoms with Gasteiger partial charge in [-0.1, -0.05) is 36.0 Å². The first-order chi connectivity index (χ1) is 6.11. The van der Waals surface area contributed by atoms with E-state index in [1.165, 1.54) is 0 Å². The Kier molecular flexibility index (Phi) is 5.60. The first-order valence-electron chi connectivity index (χ1n) is 4.29. The van der Waals surface area contributed by atoms with E-state index in [1.54, 1.807) is 6.08 Å². The summed E-state index contributed by atoms with van der Waals surface area (Å²) < 4.78 is 0. The summed E-state index contributed by atoms with van der Waals surface area (Å²) in [4.78, 5) is 10.2. The molecule has 0 aromatic rings. The van der Waals surface area contributed by atoms with E-state index in [-0.39, 0.29) is 6.04 Å². The molecule has 1 N–H and O–H groups in total. The lowest BCUT2D eigenvalue weighted by atomic mass is 10.1. The van der Waals surface area contributed by atoms with Crippen LogP contribution in [0.5, 0.6) is 0 Å². The van der Waals surface area contributed by atoms with Crippen molar-refractivity contribution in [3.63, 3.8) is 0 Å². The van der Waals surface area contributed by atoms with Crippen molar-refractivity contribution in [2.24, 2.45) is 0 Å². The van der Waals surface area contributed by atoms with Crippen molar-refractivity contribution in [1.82, 2.24) is 5.32 Å². The molecule has 2 heteroatoms. The second kappa shape index (κ2) is 6.23. The first kappa shape index (κ1) is 11.7. The third-order valence-electron chi connectivity index (χ3n) is 1.84. The molecule has 13 heavy (non-hydrogen) atoms. The van der Waals surface area contributed by atoms with Crippen LogP contribution in [0, 0.1) is 0 Å². The van der Waals surface area contributed by atoms with Crippen molar-refractivity contribution in [3.05, 3.63) is 36.0 Å². The van der Waals surface area contributed by atoms with E-state index in [0.29, 0.717) is 6.41 Å². The van der Waals surface area contributed by atoms with Crippen LogP contribution in [0.4, 0.5) is 0 Å². The average molecular weight is 179 g/mol. The van der Waals surface area contributed by atoms with E-state index in [4.69, 9.17) is 0 Å². The van der Waals surface area contributed by atoms with Crippen LogP contribution in [-0.2, 0) is 4.79 Å². The molecular formula is C11H17NO. The molecule has 0 saturated carbocycles. The first-order valence-corrected chi connectivity index (χ1v) is 4.29. The molecule has 1 unspecified atom stereocenters. The van der Waals surface area contributed by atoms with Gasteiger partial charge in [-0.05, 0) is 20.8 Å². The van der Waals surface area contributed by atoms with Crippen LogP contribution in [0.3, 0.4) is 0 Å². The van der Waals surface area contributed by atoms with E-state index in [0.717, 1.165) is 11.1 Å². The van der Waals surface area contributed by atoms with Crippen molar-refractivity contribution in [3.8, 4) is 0 Å². The van der Waals surface area contributed by atoms with Gasteiger partial charge in [0.15, 0.2) is 0 Å². The molecule has 0 aromatic carbocycles. The van der Waals surface area contributed by atoms with E-state index in [1.807, 2.05) is 32.9 Å². The lowest BCUT2D eigenvalue weighted by molar-refractivity contribution is -0.109. The average Bonchev–Trinajstić information content (AvgIpc) is 2.05. The third kappa shape index (κ3) is 5.01. The molecule has 0 aliphatic heterocycles. The zero-order chi connectivity index (χ0) is 10.3. The predicted molar refractivity (Wildman–Crippen MR) is 56.4 cm³/mol. The number of hydrogen-bond acceptors (Lipinski definition) is 1. The van der Waals surface area contributed by atoms with Gasteiger partial charge < -0.3 is 5.32 Å². The maximum Gasteiger partial charge on any atom is 0.207 e. The fourth-order valence-corrected chi connectivity index (χ4v) is 0.952. The molecular weight excluding hydrogens is 162 g/mol. The summed E-state index contributed by atoms with van der Waals surface area (Å²) in [7, 11) is 0. The lowest BCUT2D eigenvalue weighted by Gasteiger charge is -2.10.